The highest BCUT2D eigenvalue weighted by atomic mass is 16.1. The summed E-state index contributed by atoms with van der Waals surface area (Å²) < 4.78 is 0. The van der Waals surface area contributed by atoms with Crippen LogP contribution in [0.25, 0.3) is 0 Å². The van der Waals surface area contributed by atoms with E-state index in [1.54, 1.807) is 0 Å². The lowest BCUT2D eigenvalue weighted by Gasteiger charge is -2.36. The molecule has 6 unspecified atom stereocenters. The van der Waals surface area contributed by atoms with Crippen LogP contribution in [0.1, 0.15) is 47.0 Å². The summed E-state index contributed by atoms with van der Waals surface area (Å²) in [4.78, 5) is 16.9. The van der Waals surface area contributed by atoms with Gasteiger partial charge in [0.05, 0.1) is 5.57 Å². The minimum Gasteiger partial charge on any atom is -0.383 e. The van der Waals surface area contributed by atoms with Crippen molar-refractivity contribution in [2.75, 3.05) is 0 Å². The summed E-state index contributed by atoms with van der Waals surface area (Å²) in [5, 5.41) is 6.61. The normalized spacial score (nSPS) is 31.1. The van der Waals surface area contributed by atoms with Gasteiger partial charge in [0.1, 0.15) is 5.82 Å². The van der Waals surface area contributed by atoms with Crippen molar-refractivity contribution in [3.05, 3.63) is 60.1 Å². The Morgan fingerprint density at radius 1 is 1.23 bits per heavy atom. The largest absolute Gasteiger partial charge is 0.383 e. The number of carbonyl (C=O) groups is 1. The predicted molar refractivity (Wildman–Crippen MR) is 129 cm³/mol. The second-order valence-electron chi connectivity index (χ2n) is 9.59. The maximum Gasteiger partial charge on any atom is 0.251 e. The minimum atomic E-state index is -0.0989. The molecule has 0 aromatic rings. The number of nitrogens with one attached hydrogen (secondary N) is 2. The zero-order valence-electron chi connectivity index (χ0n) is 19.3. The van der Waals surface area contributed by atoms with Crippen molar-refractivity contribution in [2.45, 2.75) is 59.0 Å². The molecule has 31 heavy (non-hydrogen) atoms. The van der Waals surface area contributed by atoms with Crippen molar-refractivity contribution >= 4 is 12.1 Å². The highest BCUT2D eigenvalue weighted by molar-refractivity contribution is 5.95. The molecular weight excluding hydrogens is 384 g/mol. The van der Waals surface area contributed by atoms with Crippen LogP contribution in [0.5, 0.6) is 0 Å². The second kappa shape index (κ2) is 10.2. The molecule has 0 saturated carbocycles. The summed E-state index contributed by atoms with van der Waals surface area (Å²) in [5.41, 5.74) is 7.74. The number of hydrogen-bond acceptors (Lipinski definition) is 4. The van der Waals surface area contributed by atoms with Crippen molar-refractivity contribution in [3.63, 3.8) is 0 Å². The average molecular weight is 423 g/mol. The summed E-state index contributed by atoms with van der Waals surface area (Å²) in [6.07, 6.45) is 18.0. The Hall–Kier alpha value is -2.56. The van der Waals surface area contributed by atoms with Crippen molar-refractivity contribution in [2.24, 2.45) is 40.3 Å². The first-order chi connectivity index (χ1) is 14.8. The van der Waals surface area contributed by atoms with Gasteiger partial charge in [-0.15, -0.1) is 0 Å². The van der Waals surface area contributed by atoms with Gasteiger partial charge in [0, 0.05) is 35.8 Å². The third-order valence-electron chi connectivity index (χ3n) is 6.77. The van der Waals surface area contributed by atoms with E-state index in [0.717, 1.165) is 18.5 Å². The molecule has 3 aliphatic rings. The van der Waals surface area contributed by atoms with Crippen molar-refractivity contribution in [1.29, 1.82) is 0 Å². The molecule has 5 nitrogen and oxygen atoms in total. The summed E-state index contributed by atoms with van der Waals surface area (Å²) in [7, 11) is 0. The second-order valence-corrected chi connectivity index (χ2v) is 9.59. The number of amides is 1. The van der Waals surface area contributed by atoms with Crippen LogP contribution >= 0.6 is 0 Å². The first-order valence-electron chi connectivity index (χ1n) is 11.6. The quantitative estimate of drug-likeness (QED) is 0.537. The van der Waals surface area contributed by atoms with E-state index in [4.69, 9.17) is 5.73 Å². The fourth-order valence-electron chi connectivity index (χ4n) is 4.80. The van der Waals surface area contributed by atoms with Crippen molar-refractivity contribution in [3.8, 4) is 0 Å². The number of nitrogens with zero attached hydrogens (tertiary/aromatic N) is 1. The molecule has 1 amide bonds. The van der Waals surface area contributed by atoms with Gasteiger partial charge >= 0.3 is 0 Å². The Bertz CT molecular complexity index is 832. The number of carbonyl (C=O) groups excluding carboxylic acids is 1. The first-order valence-corrected chi connectivity index (χ1v) is 11.6. The van der Waals surface area contributed by atoms with Crippen LogP contribution in [-0.2, 0) is 4.79 Å². The van der Waals surface area contributed by atoms with E-state index >= 15 is 0 Å². The van der Waals surface area contributed by atoms with Gasteiger partial charge in [-0.25, -0.2) is 4.99 Å². The molecule has 0 aromatic heterocycles. The third kappa shape index (κ3) is 5.78. The highest BCUT2D eigenvalue weighted by Crippen LogP contribution is 2.36. The Kier molecular flexibility index (Phi) is 7.58. The molecule has 3 rings (SSSR count). The van der Waals surface area contributed by atoms with Crippen LogP contribution in [0.2, 0.25) is 0 Å². The van der Waals surface area contributed by atoms with E-state index in [1.165, 1.54) is 0 Å². The van der Waals surface area contributed by atoms with Crippen LogP contribution < -0.4 is 16.4 Å². The van der Waals surface area contributed by atoms with Crippen LogP contribution in [0.15, 0.2) is 65.1 Å². The molecule has 0 spiro atoms. The number of allylic oxidation sites excluding steroid dienone is 6. The maximum absolute atomic E-state index is 12.5. The minimum absolute atomic E-state index is 0.0769. The number of nitrogens with two attached hydrogens (primary N) is 1. The third-order valence-corrected chi connectivity index (χ3v) is 6.77. The zero-order valence-corrected chi connectivity index (χ0v) is 19.3. The van der Waals surface area contributed by atoms with Crippen LogP contribution in [0.4, 0.5) is 0 Å². The fourth-order valence-corrected chi connectivity index (χ4v) is 4.80. The van der Waals surface area contributed by atoms with Gasteiger partial charge in [0.2, 0.25) is 0 Å². The van der Waals surface area contributed by atoms with Gasteiger partial charge in [0.15, 0.2) is 0 Å². The molecule has 0 fully saturated rings. The van der Waals surface area contributed by atoms with Gasteiger partial charge in [0.25, 0.3) is 5.91 Å². The van der Waals surface area contributed by atoms with E-state index in [1.807, 2.05) is 20.1 Å². The van der Waals surface area contributed by atoms with E-state index < -0.39 is 0 Å². The fraction of sp³-hybridized carbons (Fsp3) is 0.538. The standard InChI is InChI=1S/C26H38N4O/c1-16(2)29-26(31)24-14-21(15-28-25(24)27)23-12-11-22(13-17(23)3)30-19(5)18(4)20-9-7-6-8-10-20/h6-9,11-12,15-18,20-23,30H,5,10,13-14,27H2,1-4H3,(H,29,31). The maximum atomic E-state index is 12.5. The molecular formula is C26H38N4O. The Morgan fingerprint density at radius 2 is 2.00 bits per heavy atom. The topological polar surface area (TPSA) is 79.5 Å². The van der Waals surface area contributed by atoms with Crippen molar-refractivity contribution in [1.82, 2.24) is 10.6 Å². The monoisotopic (exact) mass is 422 g/mol. The summed E-state index contributed by atoms with van der Waals surface area (Å²) in [6.45, 7) is 12.8. The smallest absolute Gasteiger partial charge is 0.251 e. The first kappa shape index (κ1) is 23.1. The lowest BCUT2D eigenvalue weighted by molar-refractivity contribution is -0.118. The van der Waals surface area contributed by atoms with Crippen molar-refractivity contribution < 1.29 is 4.79 Å². The van der Waals surface area contributed by atoms with Gasteiger partial charge in [-0.2, -0.15) is 0 Å². The van der Waals surface area contributed by atoms with E-state index in [9.17, 15) is 4.79 Å². The Labute approximate surface area is 187 Å². The summed E-state index contributed by atoms with van der Waals surface area (Å²) >= 11 is 0. The van der Waals surface area contributed by atoms with Gasteiger partial charge in [-0.05, 0) is 50.9 Å². The molecule has 2 aliphatic carbocycles. The number of rotatable bonds is 7. The predicted octanol–water partition coefficient (Wildman–Crippen LogP) is 4.22. The zero-order chi connectivity index (χ0) is 22.5. The van der Waals surface area contributed by atoms with Gasteiger partial charge < -0.3 is 16.4 Å². The molecule has 6 atom stereocenters. The lowest BCUT2D eigenvalue weighted by atomic mass is 9.73. The van der Waals surface area contributed by atoms with Gasteiger partial charge in [-0.3, -0.25) is 4.79 Å². The van der Waals surface area contributed by atoms with Crippen LogP contribution in [-0.4, -0.2) is 24.2 Å². The van der Waals surface area contributed by atoms with Crippen LogP contribution in [0.3, 0.4) is 0 Å². The summed E-state index contributed by atoms with van der Waals surface area (Å²) in [6, 6.07) is 0.363. The SMILES string of the molecule is C=C(NC1C=CC(C2C=NC(N)=C(C(=O)NC(C)C)C2)C(C)C1)C(C)C1C=CC=CC1. The molecule has 168 valence electrons. The van der Waals surface area contributed by atoms with E-state index in [2.05, 4.69) is 72.5 Å². The Morgan fingerprint density at radius 3 is 2.65 bits per heavy atom. The van der Waals surface area contributed by atoms with Crippen LogP contribution in [0, 0.1) is 29.6 Å². The number of hydrogen-bond donors (Lipinski definition) is 3. The molecule has 5 heteroatoms. The molecule has 0 bridgehead atoms. The molecule has 1 heterocycles. The average Bonchev–Trinajstić information content (AvgIpc) is 2.74. The Balaban J connectivity index is 1.59. The lowest BCUT2D eigenvalue weighted by Crippen LogP contribution is -2.39. The summed E-state index contributed by atoms with van der Waals surface area (Å²) in [5.74, 6) is 2.14. The molecule has 1 aliphatic heterocycles. The molecule has 4 N–H and O–H groups in total. The highest BCUT2D eigenvalue weighted by Gasteiger charge is 2.33. The van der Waals surface area contributed by atoms with E-state index in [-0.39, 0.29) is 23.9 Å². The molecule has 0 saturated heterocycles. The molecule has 0 aromatic carbocycles. The molecule has 0 radical (unpaired) electrons. The van der Waals surface area contributed by atoms with Gasteiger partial charge in [-0.1, -0.05) is 56.9 Å². The number of aliphatic imine (C=N–C) groups is 1. The van der Waals surface area contributed by atoms with E-state index in [0.29, 0.717) is 41.5 Å².